The number of esters is 1. The van der Waals surface area contributed by atoms with Crippen molar-refractivity contribution in [3.63, 3.8) is 0 Å². The molecule has 0 aromatic carbocycles. The van der Waals surface area contributed by atoms with Crippen LogP contribution in [0.5, 0.6) is 0 Å². The lowest BCUT2D eigenvalue weighted by Crippen LogP contribution is -2.70. The molecule has 5 aliphatic carbocycles. The third-order valence-corrected chi connectivity index (χ3v) is 14.0. The first-order valence-corrected chi connectivity index (χ1v) is 15.0. The van der Waals surface area contributed by atoms with Crippen molar-refractivity contribution < 1.29 is 19.4 Å². The van der Waals surface area contributed by atoms with E-state index in [0.29, 0.717) is 17.8 Å². The zero-order chi connectivity index (χ0) is 26.5. The quantitative estimate of drug-likeness (QED) is 0.392. The molecular weight excluding hydrogens is 448 g/mol. The Kier molecular flexibility index (Phi) is 5.88. The summed E-state index contributed by atoms with van der Waals surface area (Å²) in [6.07, 6.45) is 11.8. The molecule has 0 unspecified atom stereocenters. The Bertz CT molecular complexity index is 940. The van der Waals surface area contributed by atoms with Gasteiger partial charge in [-0.25, -0.2) is 0 Å². The average molecular weight is 501 g/mol. The van der Waals surface area contributed by atoms with Crippen LogP contribution in [0.4, 0.5) is 0 Å². The van der Waals surface area contributed by atoms with Crippen LogP contribution in [-0.2, 0) is 14.3 Å². The molecule has 0 saturated heterocycles. The molecule has 5 saturated carbocycles. The highest BCUT2D eigenvalue weighted by atomic mass is 16.5. The molecule has 0 radical (unpaired) electrons. The van der Waals surface area contributed by atoms with Crippen LogP contribution in [0.3, 0.4) is 0 Å². The lowest BCUT2D eigenvalue weighted by atomic mass is 9.29. The van der Waals surface area contributed by atoms with Gasteiger partial charge in [-0.2, -0.15) is 0 Å². The van der Waals surface area contributed by atoms with E-state index in [1.165, 1.54) is 26.2 Å². The molecule has 0 heterocycles. The zero-order valence-electron chi connectivity index (χ0n) is 24.3. The monoisotopic (exact) mass is 500 g/mol. The smallest absolute Gasteiger partial charge is 0.310 e. The fourth-order valence-electron chi connectivity index (χ4n) is 11.8. The maximum absolute atomic E-state index is 13.6. The summed E-state index contributed by atoms with van der Waals surface area (Å²) in [4.78, 5) is 25.4. The fourth-order valence-corrected chi connectivity index (χ4v) is 11.8. The molecule has 204 valence electrons. The number of carbonyl (C=O) groups excluding carboxylic acids is 1. The number of hydrogen-bond acceptors (Lipinski definition) is 3. The molecule has 4 nitrogen and oxygen atoms in total. The Hall–Kier alpha value is -1.06. The maximum Gasteiger partial charge on any atom is 0.310 e. The molecule has 10 atom stereocenters. The molecular formula is C32H52O4. The minimum atomic E-state index is -0.615. The van der Waals surface area contributed by atoms with Crippen molar-refractivity contribution in [2.75, 3.05) is 0 Å². The molecule has 36 heavy (non-hydrogen) atoms. The Morgan fingerprint density at radius 1 is 0.750 bits per heavy atom. The van der Waals surface area contributed by atoms with Gasteiger partial charge in [0, 0.05) is 6.92 Å². The third-order valence-electron chi connectivity index (χ3n) is 14.0. The highest BCUT2D eigenvalue weighted by molar-refractivity contribution is 5.77. The van der Waals surface area contributed by atoms with E-state index in [4.69, 9.17) is 4.74 Å². The van der Waals surface area contributed by atoms with Crippen LogP contribution in [0, 0.1) is 56.2 Å². The van der Waals surface area contributed by atoms with Crippen molar-refractivity contribution in [2.24, 2.45) is 56.2 Å². The van der Waals surface area contributed by atoms with E-state index in [-0.39, 0.29) is 45.1 Å². The summed E-state index contributed by atoms with van der Waals surface area (Å²) in [5.74, 6) is 0.948. The van der Waals surface area contributed by atoms with E-state index >= 15 is 0 Å². The summed E-state index contributed by atoms with van der Waals surface area (Å²) in [5, 5.41) is 11.2. The third kappa shape index (κ3) is 3.30. The van der Waals surface area contributed by atoms with Crippen LogP contribution < -0.4 is 0 Å². The molecule has 0 aliphatic heterocycles. The van der Waals surface area contributed by atoms with E-state index in [1.807, 2.05) is 0 Å². The van der Waals surface area contributed by atoms with Gasteiger partial charge in [0.15, 0.2) is 0 Å². The number of hydrogen-bond donors (Lipinski definition) is 1. The summed E-state index contributed by atoms with van der Waals surface area (Å²) in [6.45, 7) is 18.4. The first kappa shape index (κ1) is 26.5. The summed E-state index contributed by atoms with van der Waals surface area (Å²) in [6, 6.07) is 0. The maximum atomic E-state index is 13.6. The van der Waals surface area contributed by atoms with Crippen molar-refractivity contribution >= 4 is 11.9 Å². The predicted molar refractivity (Wildman–Crippen MR) is 142 cm³/mol. The number of fused-ring (bicyclic) bond motifs is 7. The Balaban J connectivity index is 1.55. The number of rotatable bonds is 2. The largest absolute Gasteiger partial charge is 0.481 e. The van der Waals surface area contributed by atoms with Gasteiger partial charge >= 0.3 is 11.9 Å². The SMILES string of the molecule is CC(=O)O[C@H]1CC[C@H]2[C@](C)(CC[C@H]3[C@@]2(C)CC[C@@]2(C(=O)O)[C@@H]4CC(C)(C)CC[C@]4(C)CC[C@]32C)[C@H]1C. The zero-order valence-corrected chi connectivity index (χ0v) is 24.3. The standard InChI is InChI=1S/C32H52O4/c1-20-22(36-21(2)33)9-10-23-29(20,6)12-11-24-30(23,7)16-18-32(26(34)35)25-19-27(3,4)13-14-28(25,5)15-17-31(24,32)8/h20,22-25H,9-19H2,1-8H3,(H,34,35)/t20-,22-,23-,24-,25+,28+,29+,30-,31+,32-/m0/s1. The van der Waals surface area contributed by atoms with Crippen molar-refractivity contribution in [1.82, 2.24) is 0 Å². The Labute approximate surface area is 219 Å². The van der Waals surface area contributed by atoms with Crippen molar-refractivity contribution in [1.29, 1.82) is 0 Å². The molecule has 5 rings (SSSR count). The fraction of sp³-hybridized carbons (Fsp3) is 0.938. The number of carboxylic acid groups (broad SMARTS) is 1. The van der Waals surface area contributed by atoms with Crippen LogP contribution in [-0.4, -0.2) is 23.1 Å². The van der Waals surface area contributed by atoms with Gasteiger partial charge < -0.3 is 9.84 Å². The van der Waals surface area contributed by atoms with E-state index in [2.05, 4.69) is 48.5 Å². The van der Waals surface area contributed by atoms with Gasteiger partial charge in [-0.3, -0.25) is 9.59 Å². The lowest BCUT2D eigenvalue weighted by molar-refractivity contribution is -0.268. The van der Waals surface area contributed by atoms with E-state index in [0.717, 1.165) is 51.4 Å². The summed E-state index contributed by atoms with van der Waals surface area (Å²) in [7, 11) is 0. The molecule has 4 heteroatoms. The first-order chi connectivity index (χ1) is 16.6. The van der Waals surface area contributed by atoms with Gasteiger partial charge in [-0.1, -0.05) is 48.5 Å². The van der Waals surface area contributed by atoms with Crippen molar-refractivity contribution in [2.45, 2.75) is 132 Å². The molecule has 0 aromatic rings. The number of aliphatic carboxylic acids is 1. The number of ether oxygens (including phenoxy) is 1. The van der Waals surface area contributed by atoms with Gasteiger partial charge in [0.1, 0.15) is 6.10 Å². The topological polar surface area (TPSA) is 63.6 Å². The second kappa shape index (κ2) is 7.98. The second-order valence-electron chi connectivity index (χ2n) is 15.9. The van der Waals surface area contributed by atoms with Crippen molar-refractivity contribution in [3.8, 4) is 0 Å². The number of carboxylic acids is 1. The van der Waals surface area contributed by atoms with Gasteiger partial charge in [0.05, 0.1) is 5.41 Å². The van der Waals surface area contributed by atoms with E-state index in [1.54, 1.807) is 0 Å². The number of carbonyl (C=O) groups is 2. The van der Waals surface area contributed by atoms with Crippen LogP contribution in [0.2, 0.25) is 0 Å². The average Bonchev–Trinajstić information content (AvgIpc) is 2.77. The highest BCUT2D eigenvalue weighted by Gasteiger charge is 2.74. The summed E-state index contributed by atoms with van der Waals surface area (Å²) < 4.78 is 5.81. The van der Waals surface area contributed by atoms with Crippen LogP contribution in [0.15, 0.2) is 0 Å². The summed E-state index contributed by atoms with van der Waals surface area (Å²) >= 11 is 0. The molecule has 1 N–H and O–H groups in total. The van der Waals surface area contributed by atoms with Gasteiger partial charge in [0.25, 0.3) is 0 Å². The van der Waals surface area contributed by atoms with Crippen LogP contribution in [0.1, 0.15) is 126 Å². The van der Waals surface area contributed by atoms with Gasteiger partial charge in [-0.05, 0) is 121 Å². The molecule has 0 amide bonds. The van der Waals surface area contributed by atoms with E-state index < -0.39 is 11.4 Å². The second-order valence-corrected chi connectivity index (χ2v) is 15.9. The minimum absolute atomic E-state index is 0.0149. The van der Waals surface area contributed by atoms with Crippen molar-refractivity contribution in [3.05, 3.63) is 0 Å². The molecule has 0 aromatic heterocycles. The normalized spacial score (nSPS) is 53.7. The summed E-state index contributed by atoms with van der Waals surface area (Å²) in [5.41, 5.74) is -0.119. The van der Waals surface area contributed by atoms with Crippen LogP contribution in [0.25, 0.3) is 0 Å². The highest BCUT2D eigenvalue weighted by Crippen LogP contribution is 2.78. The molecule has 5 fully saturated rings. The Morgan fingerprint density at radius 3 is 2.06 bits per heavy atom. The van der Waals surface area contributed by atoms with Gasteiger partial charge in [-0.15, -0.1) is 0 Å². The van der Waals surface area contributed by atoms with Crippen LogP contribution >= 0.6 is 0 Å². The van der Waals surface area contributed by atoms with E-state index in [9.17, 15) is 14.7 Å². The molecule has 0 bridgehead atoms. The molecule has 0 spiro atoms. The first-order valence-electron chi connectivity index (χ1n) is 15.0. The Morgan fingerprint density at radius 2 is 1.42 bits per heavy atom. The molecule has 5 aliphatic rings. The van der Waals surface area contributed by atoms with Gasteiger partial charge in [0.2, 0.25) is 0 Å². The predicted octanol–water partition coefficient (Wildman–Crippen LogP) is 7.88. The lowest BCUT2D eigenvalue weighted by Gasteiger charge is -2.74. The minimum Gasteiger partial charge on any atom is -0.481 e.